The van der Waals surface area contributed by atoms with Crippen LogP contribution in [0.25, 0.3) is 5.65 Å². The normalized spacial score (nSPS) is 11.9. The summed E-state index contributed by atoms with van der Waals surface area (Å²) in [5, 5.41) is 16.6. The van der Waals surface area contributed by atoms with E-state index in [0.717, 1.165) is 0 Å². The minimum absolute atomic E-state index is 0.0162. The molecule has 0 aliphatic heterocycles. The minimum atomic E-state index is -4.62. The Hall–Kier alpha value is -2.65. The van der Waals surface area contributed by atoms with E-state index in [0.29, 0.717) is 10.3 Å². The van der Waals surface area contributed by atoms with E-state index in [1.165, 1.54) is 18.3 Å². The van der Waals surface area contributed by atoms with Crippen LogP contribution in [-0.4, -0.2) is 25.0 Å². The van der Waals surface area contributed by atoms with E-state index >= 15 is 0 Å². The van der Waals surface area contributed by atoms with Gasteiger partial charge in [-0.15, -0.1) is 15.3 Å². The largest absolute Gasteiger partial charge is 0.453 e. The van der Waals surface area contributed by atoms with Crippen LogP contribution in [-0.2, 0) is 12.7 Å². The highest BCUT2D eigenvalue weighted by molar-refractivity contribution is 5.44. The second-order valence-electron chi connectivity index (χ2n) is 3.84. The number of nitrogens with one attached hydrogen (secondary N) is 1. The Morgan fingerprint density at radius 3 is 2.75 bits per heavy atom. The molecule has 0 atom stereocenters. The molecule has 0 spiro atoms. The zero-order chi connectivity index (χ0) is 14.2. The Morgan fingerprint density at radius 2 is 2.05 bits per heavy atom. The van der Waals surface area contributed by atoms with Gasteiger partial charge in [-0.2, -0.15) is 17.7 Å². The van der Waals surface area contributed by atoms with Crippen LogP contribution in [0.4, 0.5) is 19.0 Å². The molecule has 0 saturated carbocycles. The molecule has 0 fully saturated rings. The summed E-state index contributed by atoms with van der Waals surface area (Å²) in [7, 11) is 0. The molecule has 104 valence electrons. The van der Waals surface area contributed by atoms with Crippen molar-refractivity contribution in [1.29, 1.82) is 0 Å². The number of aromatic nitrogens is 5. The maximum absolute atomic E-state index is 12.7. The second kappa shape index (κ2) is 4.47. The first-order valence-corrected chi connectivity index (χ1v) is 5.47. The summed E-state index contributed by atoms with van der Waals surface area (Å²) in [6, 6.07) is 4.52. The van der Waals surface area contributed by atoms with Gasteiger partial charge in [0.1, 0.15) is 5.82 Å². The van der Waals surface area contributed by atoms with Crippen molar-refractivity contribution in [2.24, 2.45) is 0 Å². The van der Waals surface area contributed by atoms with Gasteiger partial charge in [-0.3, -0.25) is 0 Å². The van der Waals surface area contributed by atoms with E-state index in [1.54, 1.807) is 6.07 Å². The van der Waals surface area contributed by atoms with E-state index in [9.17, 15) is 13.2 Å². The number of hydrogen-bond acceptors (Lipinski definition) is 6. The van der Waals surface area contributed by atoms with Gasteiger partial charge in [-0.05, 0) is 12.1 Å². The highest BCUT2D eigenvalue weighted by Crippen LogP contribution is 2.27. The van der Waals surface area contributed by atoms with Gasteiger partial charge in [0.15, 0.2) is 11.4 Å². The number of rotatable bonds is 3. The minimum Gasteiger partial charge on any atom is -0.361 e. The van der Waals surface area contributed by atoms with Crippen LogP contribution in [0.2, 0.25) is 0 Å². The third-order valence-corrected chi connectivity index (χ3v) is 2.45. The number of nitrogens with zero attached hydrogens (tertiary/aromatic N) is 5. The standard InChI is InChI=1S/C10H7F3N6O/c11-10(12,13)9-17-16-8-2-1-7(18-19(8)9)14-5-6-3-4-15-20-6/h1-4H,5H2,(H,14,18). The Labute approximate surface area is 109 Å². The van der Waals surface area contributed by atoms with Gasteiger partial charge in [-0.1, -0.05) is 5.16 Å². The molecular weight excluding hydrogens is 277 g/mol. The van der Waals surface area contributed by atoms with Gasteiger partial charge in [0.2, 0.25) is 0 Å². The molecule has 0 radical (unpaired) electrons. The molecule has 10 heteroatoms. The lowest BCUT2D eigenvalue weighted by Crippen LogP contribution is -2.13. The summed E-state index contributed by atoms with van der Waals surface area (Å²) >= 11 is 0. The quantitative estimate of drug-likeness (QED) is 0.789. The molecule has 0 amide bonds. The first kappa shape index (κ1) is 12.4. The number of alkyl halides is 3. The lowest BCUT2D eigenvalue weighted by molar-refractivity contribution is -0.146. The van der Waals surface area contributed by atoms with Crippen LogP contribution < -0.4 is 5.32 Å². The van der Waals surface area contributed by atoms with Crippen molar-refractivity contribution in [3.05, 3.63) is 36.0 Å². The Kier molecular flexibility index (Phi) is 2.77. The predicted octanol–water partition coefficient (Wildman–Crippen LogP) is 1.74. The first-order valence-electron chi connectivity index (χ1n) is 5.47. The fourth-order valence-electron chi connectivity index (χ4n) is 1.57. The van der Waals surface area contributed by atoms with Crippen molar-refractivity contribution in [2.45, 2.75) is 12.7 Å². The molecule has 20 heavy (non-hydrogen) atoms. The van der Waals surface area contributed by atoms with E-state index in [1.807, 2.05) is 0 Å². The van der Waals surface area contributed by atoms with Crippen LogP contribution in [0, 0.1) is 0 Å². The van der Waals surface area contributed by atoms with Gasteiger partial charge in [0, 0.05) is 6.07 Å². The lowest BCUT2D eigenvalue weighted by Gasteiger charge is -2.05. The van der Waals surface area contributed by atoms with Crippen molar-refractivity contribution in [3.8, 4) is 0 Å². The third kappa shape index (κ3) is 2.27. The summed E-state index contributed by atoms with van der Waals surface area (Å²) < 4.78 is 43.6. The first-order chi connectivity index (χ1) is 9.54. The average molecular weight is 284 g/mol. The topological polar surface area (TPSA) is 81.1 Å². The smallest absolute Gasteiger partial charge is 0.361 e. The van der Waals surface area contributed by atoms with E-state index in [2.05, 4.69) is 25.8 Å². The number of fused-ring (bicyclic) bond motifs is 1. The lowest BCUT2D eigenvalue weighted by atomic mass is 10.4. The molecule has 1 N–H and O–H groups in total. The second-order valence-corrected chi connectivity index (χ2v) is 3.84. The van der Waals surface area contributed by atoms with Crippen LogP contribution in [0.5, 0.6) is 0 Å². The molecular formula is C10H7F3N6O. The molecule has 3 aromatic heterocycles. The molecule has 7 nitrogen and oxygen atoms in total. The molecule has 0 aromatic carbocycles. The van der Waals surface area contributed by atoms with Gasteiger partial charge in [-0.25, -0.2) is 0 Å². The van der Waals surface area contributed by atoms with Gasteiger partial charge in [0.05, 0.1) is 12.7 Å². The predicted molar refractivity (Wildman–Crippen MR) is 59.6 cm³/mol. The summed E-state index contributed by atoms with van der Waals surface area (Å²) in [6.07, 6.45) is -3.15. The fraction of sp³-hybridized carbons (Fsp3) is 0.200. The molecule has 0 bridgehead atoms. The summed E-state index contributed by atoms with van der Waals surface area (Å²) in [6.45, 7) is 0.252. The summed E-state index contributed by atoms with van der Waals surface area (Å²) in [5.41, 5.74) is 0.0162. The molecule has 0 unspecified atom stereocenters. The van der Waals surface area contributed by atoms with Gasteiger partial charge >= 0.3 is 6.18 Å². The molecule has 3 rings (SSSR count). The fourth-order valence-corrected chi connectivity index (χ4v) is 1.57. The Bertz CT molecular complexity index is 720. The van der Waals surface area contributed by atoms with E-state index in [4.69, 9.17) is 4.52 Å². The molecule has 0 saturated heterocycles. The SMILES string of the molecule is FC(F)(F)c1nnc2ccc(NCc3ccno3)nn12. The highest BCUT2D eigenvalue weighted by atomic mass is 19.4. The zero-order valence-electron chi connectivity index (χ0n) is 9.79. The van der Waals surface area contributed by atoms with Crippen molar-refractivity contribution < 1.29 is 17.7 Å². The van der Waals surface area contributed by atoms with Crippen LogP contribution in [0.15, 0.2) is 28.9 Å². The van der Waals surface area contributed by atoms with Crippen LogP contribution in [0.1, 0.15) is 11.6 Å². The monoisotopic (exact) mass is 284 g/mol. The molecule has 3 aromatic rings. The van der Waals surface area contributed by atoms with Crippen molar-refractivity contribution in [1.82, 2.24) is 25.0 Å². The van der Waals surface area contributed by atoms with Crippen molar-refractivity contribution in [3.63, 3.8) is 0 Å². The molecule has 0 aliphatic carbocycles. The third-order valence-electron chi connectivity index (χ3n) is 2.45. The van der Waals surface area contributed by atoms with Crippen LogP contribution in [0.3, 0.4) is 0 Å². The molecule has 0 aliphatic rings. The van der Waals surface area contributed by atoms with Gasteiger partial charge < -0.3 is 9.84 Å². The maximum atomic E-state index is 12.7. The van der Waals surface area contributed by atoms with Gasteiger partial charge in [0.25, 0.3) is 5.82 Å². The van der Waals surface area contributed by atoms with E-state index < -0.39 is 12.0 Å². The van der Waals surface area contributed by atoms with E-state index in [-0.39, 0.29) is 18.0 Å². The number of hydrogen-bond donors (Lipinski definition) is 1. The Balaban J connectivity index is 1.89. The number of halogens is 3. The highest BCUT2D eigenvalue weighted by Gasteiger charge is 2.37. The maximum Gasteiger partial charge on any atom is 0.453 e. The van der Waals surface area contributed by atoms with Crippen molar-refractivity contribution in [2.75, 3.05) is 5.32 Å². The summed E-state index contributed by atoms with van der Waals surface area (Å²) in [5.74, 6) is -0.401. The molecule has 3 heterocycles. The van der Waals surface area contributed by atoms with Crippen LogP contribution >= 0.6 is 0 Å². The zero-order valence-corrected chi connectivity index (χ0v) is 9.79. The summed E-state index contributed by atoms with van der Waals surface area (Å²) in [4.78, 5) is 0. The van der Waals surface area contributed by atoms with Crippen molar-refractivity contribution >= 4 is 11.5 Å². The Morgan fingerprint density at radius 1 is 1.20 bits per heavy atom. The number of anilines is 1. The average Bonchev–Trinajstić information content (AvgIpc) is 3.04.